The van der Waals surface area contributed by atoms with Crippen LogP contribution in [0.3, 0.4) is 0 Å². The van der Waals surface area contributed by atoms with Gasteiger partial charge in [0.05, 0.1) is 11.4 Å². The molecule has 7 heteroatoms. The number of pyridine rings is 1. The van der Waals surface area contributed by atoms with Gasteiger partial charge in [0.15, 0.2) is 5.78 Å². The van der Waals surface area contributed by atoms with Crippen molar-refractivity contribution >= 4 is 15.8 Å². The van der Waals surface area contributed by atoms with Crippen molar-refractivity contribution in [3.05, 3.63) is 64.6 Å². The second-order valence-electron chi connectivity index (χ2n) is 6.08. The van der Waals surface area contributed by atoms with Crippen molar-refractivity contribution < 1.29 is 13.2 Å². The Morgan fingerprint density at radius 3 is 2.32 bits per heavy atom. The van der Waals surface area contributed by atoms with Crippen LogP contribution in [0.2, 0.25) is 0 Å². The SMILES string of the molecule is O=C(Cn1cc(S(=O)(=O)N2CCCCC2)ccc1=O)c1ccccc1. The average molecular weight is 360 g/mol. The molecule has 1 aliphatic heterocycles. The highest BCUT2D eigenvalue weighted by molar-refractivity contribution is 7.89. The summed E-state index contributed by atoms with van der Waals surface area (Å²) in [4.78, 5) is 24.4. The summed E-state index contributed by atoms with van der Waals surface area (Å²) in [5.74, 6) is -0.241. The van der Waals surface area contributed by atoms with Crippen molar-refractivity contribution in [2.75, 3.05) is 13.1 Å². The van der Waals surface area contributed by atoms with E-state index in [1.807, 2.05) is 0 Å². The molecule has 1 saturated heterocycles. The highest BCUT2D eigenvalue weighted by Crippen LogP contribution is 2.19. The second kappa shape index (κ2) is 7.33. The normalized spacial score (nSPS) is 15.8. The number of benzene rings is 1. The van der Waals surface area contributed by atoms with Crippen LogP contribution in [0.25, 0.3) is 0 Å². The van der Waals surface area contributed by atoms with Gasteiger partial charge in [-0.1, -0.05) is 36.8 Å². The lowest BCUT2D eigenvalue weighted by Gasteiger charge is -2.26. The van der Waals surface area contributed by atoms with E-state index in [9.17, 15) is 18.0 Å². The van der Waals surface area contributed by atoms with Crippen LogP contribution in [-0.4, -0.2) is 36.2 Å². The first-order chi connectivity index (χ1) is 12.0. The predicted molar refractivity (Wildman–Crippen MR) is 94.1 cm³/mol. The van der Waals surface area contributed by atoms with Gasteiger partial charge >= 0.3 is 0 Å². The lowest BCUT2D eigenvalue weighted by Crippen LogP contribution is -2.36. The summed E-state index contributed by atoms with van der Waals surface area (Å²) < 4.78 is 28.1. The van der Waals surface area contributed by atoms with Crippen LogP contribution in [0, 0.1) is 0 Å². The zero-order valence-corrected chi connectivity index (χ0v) is 14.6. The molecule has 0 amide bonds. The predicted octanol–water partition coefficient (Wildman–Crippen LogP) is 1.91. The first-order valence-electron chi connectivity index (χ1n) is 8.27. The van der Waals surface area contributed by atoms with Crippen molar-refractivity contribution in [3.8, 4) is 0 Å². The van der Waals surface area contributed by atoms with Crippen molar-refractivity contribution in [1.82, 2.24) is 8.87 Å². The molecule has 1 aromatic heterocycles. The Labute approximate surface area is 146 Å². The molecule has 0 saturated carbocycles. The van der Waals surface area contributed by atoms with Crippen molar-refractivity contribution in [2.24, 2.45) is 0 Å². The van der Waals surface area contributed by atoms with Crippen LogP contribution in [0.15, 0.2) is 58.4 Å². The quantitative estimate of drug-likeness (QED) is 0.763. The third-order valence-electron chi connectivity index (χ3n) is 4.32. The molecular formula is C18H20N2O4S. The van der Waals surface area contributed by atoms with Crippen LogP contribution in [0.4, 0.5) is 0 Å². The van der Waals surface area contributed by atoms with Crippen LogP contribution < -0.4 is 5.56 Å². The van der Waals surface area contributed by atoms with E-state index in [1.54, 1.807) is 30.3 Å². The van der Waals surface area contributed by atoms with Gasteiger partial charge in [-0.05, 0) is 18.9 Å². The number of aromatic nitrogens is 1. The Hall–Kier alpha value is -2.25. The minimum atomic E-state index is -3.64. The highest BCUT2D eigenvalue weighted by atomic mass is 32.2. The standard InChI is InChI=1S/C18H20N2O4S/c21-17(15-7-3-1-4-8-15)14-19-13-16(9-10-18(19)22)25(23,24)20-11-5-2-6-12-20/h1,3-4,7-10,13H,2,5-6,11-12,14H2. The van der Waals surface area contributed by atoms with E-state index in [0.717, 1.165) is 23.8 Å². The fourth-order valence-electron chi connectivity index (χ4n) is 2.91. The molecule has 2 heterocycles. The summed E-state index contributed by atoms with van der Waals surface area (Å²) in [6.45, 7) is 0.793. The van der Waals surface area contributed by atoms with Crippen molar-refractivity contribution in [2.45, 2.75) is 30.7 Å². The molecule has 1 aliphatic rings. The summed E-state index contributed by atoms with van der Waals surface area (Å²) in [5.41, 5.74) is 0.0839. The molecule has 3 rings (SSSR count). The summed E-state index contributed by atoms with van der Waals surface area (Å²) in [7, 11) is -3.64. The number of nitrogens with zero attached hydrogens (tertiary/aromatic N) is 2. The molecule has 2 aromatic rings. The monoisotopic (exact) mass is 360 g/mol. The molecule has 25 heavy (non-hydrogen) atoms. The number of carbonyl (C=O) groups is 1. The van der Waals surface area contributed by atoms with E-state index in [0.29, 0.717) is 18.7 Å². The molecule has 6 nitrogen and oxygen atoms in total. The van der Waals surface area contributed by atoms with E-state index in [2.05, 4.69) is 0 Å². The number of piperidine rings is 1. The summed E-state index contributed by atoms with van der Waals surface area (Å²) in [6.07, 6.45) is 3.97. The Morgan fingerprint density at radius 2 is 1.64 bits per heavy atom. The van der Waals surface area contributed by atoms with Gasteiger partial charge in [-0.15, -0.1) is 0 Å². The first-order valence-corrected chi connectivity index (χ1v) is 9.71. The second-order valence-corrected chi connectivity index (χ2v) is 8.02. The van der Waals surface area contributed by atoms with Gasteiger partial charge in [-0.2, -0.15) is 4.31 Å². The molecule has 0 spiro atoms. The van der Waals surface area contributed by atoms with E-state index in [4.69, 9.17) is 0 Å². The summed E-state index contributed by atoms with van der Waals surface area (Å²) >= 11 is 0. The molecule has 0 radical (unpaired) electrons. The molecular weight excluding hydrogens is 340 g/mol. The lowest BCUT2D eigenvalue weighted by atomic mass is 10.1. The number of rotatable bonds is 5. The Morgan fingerprint density at radius 1 is 0.960 bits per heavy atom. The maximum Gasteiger partial charge on any atom is 0.251 e. The van der Waals surface area contributed by atoms with Gasteiger partial charge < -0.3 is 4.57 Å². The van der Waals surface area contributed by atoms with Gasteiger partial charge in [0.2, 0.25) is 10.0 Å². The van der Waals surface area contributed by atoms with Crippen LogP contribution in [0.5, 0.6) is 0 Å². The Balaban J connectivity index is 1.88. The van der Waals surface area contributed by atoms with Crippen LogP contribution in [0.1, 0.15) is 29.6 Å². The highest BCUT2D eigenvalue weighted by Gasteiger charge is 2.26. The fourth-order valence-corrected chi connectivity index (χ4v) is 4.45. The molecule has 132 valence electrons. The van der Waals surface area contributed by atoms with Gasteiger partial charge in [-0.3, -0.25) is 9.59 Å². The summed E-state index contributed by atoms with van der Waals surface area (Å²) in [5, 5.41) is 0. The number of sulfonamides is 1. The minimum Gasteiger partial charge on any atom is -0.306 e. The number of hydrogen-bond acceptors (Lipinski definition) is 4. The molecule has 0 N–H and O–H groups in total. The average Bonchev–Trinajstić information content (AvgIpc) is 2.64. The van der Waals surface area contributed by atoms with Gasteiger partial charge in [0.1, 0.15) is 0 Å². The molecule has 1 fully saturated rings. The minimum absolute atomic E-state index is 0.0508. The number of ketones is 1. The third kappa shape index (κ3) is 3.88. The smallest absolute Gasteiger partial charge is 0.251 e. The summed E-state index contributed by atoms with van der Waals surface area (Å²) in [6, 6.07) is 11.1. The zero-order chi connectivity index (χ0) is 17.9. The van der Waals surface area contributed by atoms with E-state index in [1.165, 1.54) is 22.6 Å². The van der Waals surface area contributed by atoms with E-state index in [-0.39, 0.29) is 17.2 Å². The van der Waals surface area contributed by atoms with Crippen LogP contribution in [-0.2, 0) is 16.6 Å². The topological polar surface area (TPSA) is 76.5 Å². The molecule has 0 atom stereocenters. The van der Waals surface area contributed by atoms with Crippen molar-refractivity contribution in [1.29, 1.82) is 0 Å². The third-order valence-corrected chi connectivity index (χ3v) is 6.20. The Kier molecular flexibility index (Phi) is 5.15. The number of Topliss-reactive ketones (excluding diaryl/α,β-unsaturated/α-hetero) is 1. The number of hydrogen-bond donors (Lipinski definition) is 0. The maximum absolute atomic E-state index is 12.7. The van der Waals surface area contributed by atoms with Crippen LogP contribution >= 0.6 is 0 Å². The van der Waals surface area contributed by atoms with Gasteiger partial charge in [0.25, 0.3) is 5.56 Å². The maximum atomic E-state index is 12.7. The van der Waals surface area contributed by atoms with E-state index < -0.39 is 15.6 Å². The Bertz CT molecular complexity index is 914. The van der Waals surface area contributed by atoms with Gasteiger partial charge in [0, 0.05) is 30.9 Å². The largest absolute Gasteiger partial charge is 0.306 e. The van der Waals surface area contributed by atoms with Gasteiger partial charge in [-0.25, -0.2) is 8.42 Å². The number of carbonyl (C=O) groups excluding carboxylic acids is 1. The van der Waals surface area contributed by atoms with Crippen molar-refractivity contribution in [3.63, 3.8) is 0 Å². The first kappa shape index (κ1) is 17.6. The lowest BCUT2D eigenvalue weighted by molar-refractivity contribution is 0.0970. The molecule has 0 aliphatic carbocycles. The molecule has 1 aromatic carbocycles. The zero-order valence-electron chi connectivity index (χ0n) is 13.8. The molecule has 0 unspecified atom stereocenters. The fraction of sp³-hybridized carbons (Fsp3) is 0.333. The van der Waals surface area contributed by atoms with E-state index >= 15 is 0 Å². The molecule has 0 bridgehead atoms.